The molecule has 3 nitrogen and oxygen atoms in total. The van der Waals surface area contributed by atoms with Gasteiger partial charge in [-0.15, -0.1) is 0 Å². The van der Waals surface area contributed by atoms with Crippen molar-refractivity contribution < 1.29 is 4.74 Å². The topological polar surface area (TPSA) is 38.5 Å². The van der Waals surface area contributed by atoms with E-state index in [1.165, 1.54) is 5.56 Å². The first-order chi connectivity index (χ1) is 8.11. The molecular weight excluding hydrogens is 212 g/mol. The molecule has 0 saturated carbocycles. The Balaban J connectivity index is 1.99. The first kappa shape index (κ1) is 12.4. The summed E-state index contributed by atoms with van der Waals surface area (Å²) in [7, 11) is 3.85. The van der Waals surface area contributed by atoms with Crippen molar-refractivity contribution >= 4 is 0 Å². The van der Waals surface area contributed by atoms with Crippen LogP contribution in [0, 0.1) is 0 Å². The summed E-state index contributed by atoms with van der Waals surface area (Å²) in [5, 5.41) is 0. The molecule has 17 heavy (non-hydrogen) atoms. The number of nitrogens with zero attached hydrogens (tertiary/aromatic N) is 1. The second kappa shape index (κ2) is 5.07. The molecule has 0 atom stereocenters. The third-order valence-corrected chi connectivity index (χ3v) is 3.70. The van der Waals surface area contributed by atoms with E-state index in [1.807, 2.05) is 12.1 Å². The molecule has 1 aliphatic rings. The molecule has 0 bridgehead atoms. The van der Waals surface area contributed by atoms with Crippen molar-refractivity contribution in [3.05, 3.63) is 29.8 Å². The Labute approximate surface area is 104 Å². The predicted molar refractivity (Wildman–Crippen MR) is 70.3 cm³/mol. The lowest BCUT2D eigenvalue weighted by Crippen LogP contribution is -2.50. The summed E-state index contributed by atoms with van der Waals surface area (Å²) in [4.78, 5) is 2.35. The average molecular weight is 234 g/mol. The van der Waals surface area contributed by atoms with E-state index < -0.39 is 0 Å². The molecule has 0 aromatic heterocycles. The van der Waals surface area contributed by atoms with Crippen molar-refractivity contribution in [2.75, 3.05) is 27.2 Å². The zero-order valence-electron chi connectivity index (χ0n) is 10.8. The summed E-state index contributed by atoms with van der Waals surface area (Å²) in [6.07, 6.45) is 3.12. The number of benzene rings is 1. The zero-order chi connectivity index (χ0) is 12.3. The molecule has 3 heteroatoms. The number of hydrogen-bond acceptors (Lipinski definition) is 3. The number of nitrogens with two attached hydrogens (primary N) is 1. The second-order valence-electron chi connectivity index (χ2n) is 5.19. The van der Waals surface area contributed by atoms with Crippen LogP contribution in [0.5, 0.6) is 5.75 Å². The molecule has 0 spiro atoms. The summed E-state index contributed by atoms with van der Waals surface area (Å²) < 4.78 is 5.16. The van der Waals surface area contributed by atoms with Gasteiger partial charge in [-0.3, -0.25) is 0 Å². The largest absolute Gasteiger partial charge is 0.497 e. The highest BCUT2D eigenvalue weighted by molar-refractivity contribution is 5.28. The van der Waals surface area contributed by atoms with Crippen LogP contribution < -0.4 is 10.5 Å². The lowest BCUT2D eigenvalue weighted by molar-refractivity contribution is 0.190. The Morgan fingerprint density at radius 1 is 1.24 bits per heavy atom. The van der Waals surface area contributed by atoms with E-state index in [4.69, 9.17) is 10.5 Å². The van der Waals surface area contributed by atoms with Crippen LogP contribution in [0.3, 0.4) is 0 Å². The van der Waals surface area contributed by atoms with Gasteiger partial charge in [-0.25, -0.2) is 0 Å². The van der Waals surface area contributed by atoms with Crippen LogP contribution in [0.1, 0.15) is 18.4 Å². The van der Waals surface area contributed by atoms with Crippen LogP contribution in [0.25, 0.3) is 0 Å². The second-order valence-corrected chi connectivity index (χ2v) is 5.19. The van der Waals surface area contributed by atoms with E-state index in [-0.39, 0.29) is 5.54 Å². The van der Waals surface area contributed by atoms with Gasteiger partial charge in [-0.05, 0) is 57.1 Å². The Bertz CT molecular complexity index is 353. The summed E-state index contributed by atoms with van der Waals surface area (Å²) in [5.74, 6) is 0.906. The van der Waals surface area contributed by atoms with Gasteiger partial charge in [0.1, 0.15) is 5.75 Å². The van der Waals surface area contributed by atoms with E-state index in [9.17, 15) is 0 Å². The quantitative estimate of drug-likeness (QED) is 0.864. The number of ether oxygens (including phenoxy) is 1. The van der Waals surface area contributed by atoms with E-state index in [1.54, 1.807) is 7.11 Å². The molecule has 2 rings (SSSR count). The number of rotatable bonds is 3. The molecule has 2 N–H and O–H groups in total. The Hall–Kier alpha value is -1.06. The highest BCUT2D eigenvalue weighted by Gasteiger charge is 2.29. The SMILES string of the molecule is COc1ccc(CC2(N)CCN(C)CC2)cc1. The third-order valence-electron chi connectivity index (χ3n) is 3.70. The molecule has 1 aliphatic heterocycles. The molecule has 1 fully saturated rings. The summed E-state index contributed by atoms with van der Waals surface area (Å²) >= 11 is 0. The molecule has 0 amide bonds. The van der Waals surface area contributed by atoms with Gasteiger partial charge in [-0.2, -0.15) is 0 Å². The number of hydrogen-bond donors (Lipinski definition) is 1. The normalized spacial score (nSPS) is 20.2. The van der Waals surface area contributed by atoms with Crippen LogP contribution in [-0.4, -0.2) is 37.7 Å². The monoisotopic (exact) mass is 234 g/mol. The van der Waals surface area contributed by atoms with Gasteiger partial charge in [0.05, 0.1) is 7.11 Å². The maximum absolute atomic E-state index is 6.47. The zero-order valence-corrected chi connectivity index (χ0v) is 10.8. The summed E-state index contributed by atoms with van der Waals surface area (Å²) in [6.45, 7) is 2.21. The maximum atomic E-state index is 6.47. The van der Waals surface area contributed by atoms with Crippen LogP contribution in [-0.2, 0) is 6.42 Å². The highest BCUT2D eigenvalue weighted by Crippen LogP contribution is 2.24. The third kappa shape index (κ3) is 3.20. The maximum Gasteiger partial charge on any atom is 0.118 e. The first-order valence-electron chi connectivity index (χ1n) is 6.22. The molecule has 0 aliphatic carbocycles. The molecular formula is C14H22N2O. The fourth-order valence-corrected chi connectivity index (χ4v) is 2.39. The Morgan fingerprint density at radius 3 is 2.35 bits per heavy atom. The van der Waals surface area contributed by atoms with Gasteiger partial charge >= 0.3 is 0 Å². The van der Waals surface area contributed by atoms with Crippen molar-refractivity contribution in [1.29, 1.82) is 0 Å². The van der Waals surface area contributed by atoms with Gasteiger partial charge in [0.15, 0.2) is 0 Å². The fourth-order valence-electron chi connectivity index (χ4n) is 2.39. The summed E-state index contributed by atoms with van der Waals surface area (Å²) in [5.41, 5.74) is 7.74. The molecule has 94 valence electrons. The molecule has 1 aromatic rings. The van der Waals surface area contributed by atoms with Gasteiger partial charge in [0.25, 0.3) is 0 Å². The summed E-state index contributed by atoms with van der Waals surface area (Å²) in [6, 6.07) is 8.25. The highest BCUT2D eigenvalue weighted by atomic mass is 16.5. The first-order valence-corrected chi connectivity index (χ1v) is 6.22. The van der Waals surface area contributed by atoms with Gasteiger partial charge in [-0.1, -0.05) is 12.1 Å². The van der Waals surface area contributed by atoms with Crippen LogP contribution in [0.2, 0.25) is 0 Å². The molecule has 0 radical (unpaired) electrons. The fraction of sp³-hybridized carbons (Fsp3) is 0.571. The lowest BCUT2D eigenvalue weighted by Gasteiger charge is -2.37. The Morgan fingerprint density at radius 2 is 1.82 bits per heavy atom. The molecule has 1 aromatic carbocycles. The van der Waals surface area contributed by atoms with Crippen molar-refractivity contribution in [2.24, 2.45) is 5.73 Å². The van der Waals surface area contributed by atoms with E-state index in [0.717, 1.165) is 38.1 Å². The minimum atomic E-state index is -0.0267. The van der Waals surface area contributed by atoms with Crippen molar-refractivity contribution in [3.8, 4) is 5.75 Å². The van der Waals surface area contributed by atoms with Crippen molar-refractivity contribution in [3.63, 3.8) is 0 Å². The van der Waals surface area contributed by atoms with Crippen LogP contribution in [0.4, 0.5) is 0 Å². The standard InChI is InChI=1S/C14H22N2O/c1-16-9-7-14(15,8-10-16)11-12-3-5-13(17-2)6-4-12/h3-6H,7-11,15H2,1-2H3. The smallest absolute Gasteiger partial charge is 0.118 e. The van der Waals surface area contributed by atoms with E-state index >= 15 is 0 Å². The van der Waals surface area contributed by atoms with Crippen molar-refractivity contribution in [2.45, 2.75) is 24.8 Å². The molecule has 1 saturated heterocycles. The van der Waals surface area contributed by atoms with Gasteiger partial charge in [0, 0.05) is 5.54 Å². The molecule has 1 heterocycles. The molecule has 0 unspecified atom stereocenters. The average Bonchev–Trinajstić information content (AvgIpc) is 2.34. The number of likely N-dealkylation sites (tertiary alicyclic amines) is 1. The number of piperidine rings is 1. The van der Waals surface area contributed by atoms with Crippen molar-refractivity contribution in [1.82, 2.24) is 4.90 Å². The number of methoxy groups -OCH3 is 1. The van der Waals surface area contributed by atoms with Gasteiger partial charge < -0.3 is 15.4 Å². The van der Waals surface area contributed by atoms with Crippen LogP contribution in [0.15, 0.2) is 24.3 Å². The Kier molecular flexibility index (Phi) is 3.69. The minimum Gasteiger partial charge on any atom is -0.497 e. The van der Waals surface area contributed by atoms with E-state index in [0.29, 0.717) is 0 Å². The van der Waals surface area contributed by atoms with E-state index in [2.05, 4.69) is 24.1 Å². The van der Waals surface area contributed by atoms with Crippen LogP contribution >= 0.6 is 0 Å². The lowest BCUT2D eigenvalue weighted by atomic mass is 9.83. The predicted octanol–water partition coefficient (Wildman–Crippen LogP) is 1.66. The van der Waals surface area contributed by atoms with Gasteiger partial charge in [0.2, 0.25) is 0 Å². The minimum absolute atomic E-state index is 0.0267.